The molecule has 2 heterocycles. The summed E-state index contributed by atoms with van der Waals surface area (Å²) >= 11 is 1.26. The highest BCUT2D eigenvalue weighted by atomic mass is 32.2. The first kappa shape index (κ1) is 24.4. The lowest BCUT2D eigenvalue weighted by atomic mass is 10.0. The first-order valence-corrected chi connectivity index (χ1v) is 12.0. The molecule has 0 saturated carbocycles. The number of rotatable bonds is 9. The van der Waals surface area contributed by atoms with E-state index in [1.165, 1.54) is 11.8 Å². The van der Waals surface area contributed by atoms with Crippen molar-refractivity contribution in [3.63, 3.8) is 0 Å². The van der Waals surface area contributed by atoms with Crippen molar-refractivity contribution in [3.05, 3.63) is 53.9 Å². The van der Waals surface area contributed by atoms with Crippen LogP contribution in [-0.2, 0) is 11.8 Å². The van der Waals surface area contributed by atoms with Crippen molar-refractivity contribution in [2.45, 2.75) is 25.0 Å². The van der Waals surface area contributed by atoms with Gasteiger partial charge in [0.2, 0.25) is 12.7 Å². The molecule has 4 rings (SSSR count). The molecule has 1 atom stereocenters. The van der Waals surface area contributed by atoms with E-state index in [-0.39, 0.29) is 36.3 Å². The maximum Gasteiger partial charge on any atom is 0.252 e. The second-order valence-electron chi connectivity index (χ2n) is 8.20. The third kappa shape index (κ3) is 5.51. The number of carbonyl (C=O) groups is 2. The van der Waals surface area contributed by atoms with Gasteiger partial charge in [0.25, 0.3) is 5.91 Å². The van der Waals surface area contributed by atoms with E-state index in [2.05, 4.69) is 20.8 Å². The van der Waals surface area contributed by atoms with E-state index in [1.54, 1.807) is 42.0 Å². The predicted octanol–water partition coefficient (Wildman–Crippen LogP) is 3.41. The Morgan fingerprint density at radius 3 is 2.69 bits per heavy atom. The van der Waals surface area contributed by atoms with Crippen molar-refractivity contribution in [2.24, 2.45) is 13.0 Å². The van der Waals surface area contributed by atoms with Gasteiger partial charge in [-0.1, -0.05) is 37.7 Å². The summed E-state index contributed by atoms with van der Waals surface area (Å²) in [5.74, 6) is 2.08. The SMILES string of the molecule is COc1ccccc1NC(=O)CSc1nnc(C(NC(=O)c2ccc3c(c2)OCO3)C(C)C)n1C. The highest BCUT2D eigenvalue weighted by molar-refractivity contribution is 7.99. The molecule has 0 spiro atoms. The molecule has 11 heteroatoms. The summed E-state index contributed by atoms with van der Waals surface area (Å²) in [6, 6.07) is 11.9. The third-order valence-corrected chi connectivity index (χ3v) is 6.47. The van der Waals surface area contributed by atoms with Crippen molar-refractivity contribution >= 4 is 29.3 Å². The highest BCUT2D eigenvalue weighted by Gasteiger charge is 2.26. The molecule has 1 aliphatic heterocycles. The zero-order valence-electron chi connectivity index (χ0n) is 19.9. The van der Waals surface area contributed by atoms with Gasteiger partial charge in [-0.25, -0.2) is 0 Å². The van der Waals surface area contributed by atoms with Crippen LogP contribution in [0.25, 0.3) is 0 Å². The van der Waals surface area contributed by atoms with Crippen LogP contribution in [0.5, 0.6) is 17.2 Å². The number of ether oxygens (including phenoxy) is 3. The summed E-state index contributed by atoms with van der Waals surface area (Å²) in [4.78, 5) is 25.4. The van der Waals surface area contributed by atoms with Crippen molar-refractivity contribution < 1.29 is 23.8 Å². The minimum Gasteiger partial charge on any atom is -0.495 e. The number of methoxy groups -OCH3 is 1. The van der Waals surface area contributed by atoms with Crippen LogP contribution in [0.3, 0.4) is 0 Å². The number of thioether (sulfide) groups is 1. The van der Waals surface area contributed by atoms with Gasteiger partial charge < -0.3 is 29.4 Å². The molecule has 1 aromatic heterocycles. The molecule has 10 nitrogen and oxygen atoms in total. The van der Waals surface area contributed by atoms with Crippen molar-refractivity contribution in [3.8, 4) is 17.2 Å². The molecular formula is C24H27N5O5S. The van der Waals surface area contributed by atoms with Crippen molar-refractivity contribution in [1.82, 2.24) is 20.1 Å². The molecule has 0 fully saturated rings. The quantitative estimate of drug-likeness (QED) is 0.432. The number of nitrogens with zero attached hydrogens (tertiary/aromatic N) is 3. The van der Waals surface area contributed by atoms with Gasteiger partial charge in [-0.15, -0.1) is 10.2 Å². The molecule has 2 amide bonds. The fraction of sp³-hybridized carbons (Fsp3) is 0.333. The number of para-hydroxylation sites is 2. The standard InChI is InChI=1S/C24H27N5O5S/c1-14(2)21(26-23(31)15-9-10-18-19(11-15)34-13-33-18)22-27-28-24(29(22)3)35-12-20(30)25-16-7-5-6-8-17(16)32-4/h5-11,14,21H,12-13H2,1-4H3,(H,25,30)(H,26,31). The minimum absolute atomic E-state index is 0.0440. The Balaban J connectivity index is 1.41. The van der Waals surface area contributed by atoms with Gasteiger partial charge in [0.05, 0.1) is 24.6 Å². The Morgan fingerprint density at radius 2 is 1.91 bits per heavy atom. The van der Waals surface area contributed by atoms with Crippen LogP contribution < -0.4 is 24.8 Å². The summed E-state index contributed by atoms with van der Waals surface area (Å²) < 4.78 is 17.8. The van der Waals surface area contributed by atoms with E-state index in [9.17, 15) is 9.59 Å². The van der Waals surface area contributed by atoms with Crippen LogP contribution in [-0.4, -0.2) is 46.2 Å². The first-order valence-electron chi connectivity index (χ1n) is 11.0. The van der Waals surface area contributed by atoms with Gasteiger partial charge in [0, 0.05) is 12.6 Å². The molecule has 2 aromatic carbocycles. The zero-order chi connectivity index (χ0) is 24.9. The first-order chi connectivity index (χ1) is 16.9. The number of amides is 2. The van der Waals surface area contributed by atoms with Crippen LogP contribution in [0.2, 0.25) is 0 Å². The van der Waals surface area contributed by atoms with E-state index >= 15 is 0 Å². The number of aromatic nitrogens is 3. The molecular weight excluding hydrogens is 470 g/mol. The summed E-state index contributed by atoms with van der Waals surface area (Å²) in [5, 5.41) is 15.0. The Kier molecular flexibility index (Phi) is 7.45. The maximum atomic E-state index is 13.0. The Morgan fingerprint density at radius 1 is 1.14 bits per heavy atom. The normalized spacial score (nSPS) is 12.9. The summed E-state index contributed by atoms with van der Waals surface area (Å²) in [5.41, 5.74) is 1.06. The van der Waals surface area contributed by atoms with E-state index < -0.39 is 0 Å². The highest BCUT2D eigenvalue weighted by Crippen LogP contribution is 2.33. The predicted molar refractivity (Wildman–Crippen MR) is 131 cm³/mol. The van der Waals surface area contributed by atoms with Crippen molar-refractivity contribution in [1.29, 1.82) is 0 Å². The van der Waals surface area contributed by atoms with Gasteiger partial charge in [-0.2, -0.15) is 0 Å². The van der Waals surface area contributed by atoms with E-state index in [1.807, 2.05) is 33.0 Å². The topological polar surface area (TPSA) is 117 Å². The lowest BCUT2D eigenvalue weighted by molar-refractivity contribution is -0.113. The monoisotopic (exact) mass is 497 g/mol. The van der Waals surface area contributed by atoms with Crippen LogP contribution in [0.1, 0.15) is 36.1 Å². The fourth-order valence-electron chi connectivity index (χ4n) is 3.58. The Hall–Kier alpha value is -3.73. The molecule has 0 aliphatic carbocycles. The number of hydrogen-bond acceptors (Lipinski definition) is 8. The number of benzene rings is 2. The van der Waals surface area contributed by atoms with E-state index in [0.717, 1.165) is 0 Å². The number of nitrogens with one attached hydrogen (secondary N) is 2. The number of hydrogen-bond donors (Lipinski definition) is 2. The molecule has 35 heavy (non-hydrogen) atoms. The molecule has 1 aliphatic rings. The number of anilines is 1. The van der Waals surface area contributed by atoms with Gasteiger partial charge in [0.15, 0.2) is 22.5 Å². The zero-order valence-corrected chi connectivity index (χ0v) is 20.7. The Bertz CT molecular complexity index is 1230. The van der Waals surface area contributed by atoms with Crippen molar-refractivity contribution in [2.75, 3.05) is 25.0 Å². The van der Waals surface area contributed by atoms with Crippen LogP contribution in [0.4, 0.5) is 5.69 Å². The average molecular weight is 498 g/mol. The number of fused-ring (bicyclic) bond motifs is 1. The summed E-state index contributed by atoms with van der Waals surface area (Å²) in [6.45, 7) is 4.13. The molecule has 0 bridgehead atoms. The molecule has 0 saturated heterocycles. The van der Waals surface area contributed by atoms with E-state index in [0.29, 0.717) is 39.5 Å². The molecule has 184 valence electrons. The maximum absolute atomic E-state index is 13.0. The van der Waals surface area contributed by atoms with E-state index in [4.69, 9.17) is 14.2 Å². The third-order valence-electron chi connectivity index (χ3n) is 5.45. The summed E-state index contributed by atoms with van der Waals surface area (Å²) in [7, 11) is 3.37. The molecule has 0 radical (unpaired) electrons. The average Bonchev–Trinajstić information content (AvgIpc) is 3.47. The van der Waals surface area contributed by atoms with Crippen LogP contribution >= 0.6 is 11.8 Å². The minimum atomic E-state index is -0.387. The Labute approximate surface area is 207 Å². The van der Waals surface area contributed by atoms with Crippen LogP contribution in [0, 0.1) is 5.92 Å². The van der Waals surface area contributed by atoms with Gasteiger partial charge >= 0.3 is 0 Å². The lowest BCUT2D eigenvalue weighted by Crippen LogP contribution is -2.33. The largest absolute Gasteiger partial charge is 0.495 e. The molecule has 2 N–H and O–H groups in total. The second-order valence-corrected chi connectivity index (χ2v) is 9.14. The molecule has 1 unspecified atom stereocenters. The van der Waals surface area contributed by atoms with Gasteiger partial charge in [0.1, 0.15) is 5.75 Å². The molecule has 3 aromatic rings. The smallest absolute Gasteiger partial charge is 0.252 e. The summed E-state index contributed by atoms with van der Waals surface area (Å²) in [6.07, 6.45) is 0. The fourth-order valence-corrected chi connectivity index (χ4v) is 4.30. The van der Waals surface area contributed by atoms with Crippen LogP contribution in [0.15, 0.2) is 47.6 Å². The van der Waals surface area contributed by atoms with Gasteiger partial charge in [-0.05, 0) is 36.2 Å². The lowest BCUT2D eigenvalue weighted by Gasteiger charge is -2.21. The second kappa shape index (κ2) is 10.7. The number of carbonyl (C=O) groups excluding carboxylic acids is 2. The van der Waals surface area contributed by atoms with Gasteiger partial charge in [-0.3, -0.25) is 9.59 Å².